The Morgan fingerprint density at radius 3 is 3.17 bits per heavy atom. The minimum Gasteiger partial charge on any atom is -0.361 e. The van der Waals surface area contributed by atoms with Gasteiger partial charge in [-0.1, -0.05) is 0 Å². The van der Waals surface area contributed by atoms with Gasteiger partial charge in [-0.2, -0.15) is 0 Å². The molecule has 5 nitrogen and oxygen atoms in total. The Labute approximate surface area is 139 Å². The van der Waals surface area contributed by atoms with Gasteiger partial charge in [0.1, 0.15) is 5.82 Å². The fraction of sp³-hybridized carbons (Fsp3) is 0.333. The molecule has 0 bridgehead atoms. The second-order valence-corrected chi connectivity index (χ2v) is 6.33. The number of hydrogen-bond acceptors (Lipinski definition) is 2. The van der Waals surface area contributed by atoms with Crippen molar-refractivity contribution in [2.45, 2.75) is 25.3 Å². The van der Waals surface area contributed by atoms with Crippen molar-refractivity contribution in [3.8, 4) is 0 Å². The number of benzene rings is 1. The lowest BCUT2D eigenvalue weighted by Gasteiger charge is -2.33. The Morgan fingerprint density at radius 1 is 1.42 bits per heavy atom. The molecule has 6 heteroatoms. The van der Waals surface area contributed by atoms with Crippen molar-refractivity contribution in [2.24, 2.45) is 0 Å². The van der Waals surface area contributed by atoms with E-state index in [0.29, 0.717) is 19.0 Å². The molecule has 1 N–H and O–H groups in total. The molecule has 24 heavy (non-hydrogen) atoms. The Kier molecular flexibility index (Phi) is 3.80. The lowest BCUT2D eigenvalue weighted by molar-refractivity contribution is -0.132. The van der Waals surface area contributed by atoms with Crippen LogP contribution < -0.4 is 0 Å². The van der Waals surface area contributed by atoms with Crippen LogP contribution in [-0.2, 0) is 11.2 Å². The van der Waals surface area contributed by atoms with E-state index < -0.39 is 0 Å². The number of rotatable bonds is 3. The summed E-state index contributed by atoms with van der Waals surface area (Å²) in [6.45, 7) is 1.51. The largest absolute Gasteiger partial charge is 0.361 e. The molecule has 0 unspecified atom stereocenters. The highest BCUT2D eigenvalue weighted by atomic mass is 19.1. The van der Waals surface area contributed by atoms with Gasteiger partial charge < -0.3 is 14.5 Å². The number of halogens is 1. The van der Waals surface area contributed by atoms with Gasteiger partial charge >= 0.3 is 0 Å². The van der Waals surface area contributed by atoms with Crippen LogP contribution in [0.4, 0.5) is 4.39 Å². The van der Waals surface area contributed by atoms with Gasteiger partial charge in [0.2, 0.25) is 5.91 Å². The predicted molar refractivity (Wildman–Crippen MR) is 89.0 cm³/mol. The van der Waals surface area contributed by atoms with E-state index in [9.17, 15) is 9.18 Å². The maximum absolute atomic E-state index is 13.3. The first kappa shape index (κ1) is 14.9. The summed E-state index contributed by atoms with van der Waals surface area (Å²) >= 11 is 0. The van der Waals surface area contributed by atoms with Crippen LogP contribution in [0.15, 0.2) is 43.1 Å². The molecule has 1 amide bonds. The number of aromatic amines is 1. The summed E-state index contributed by atoms with van der Waals surface area (Å²) < 4.78 is 15.4. The topological polar surface area (TPSA) is 53.9 Å². The smallest absolute Gasteiger partial charge is 0.227 e. The number of amides is 1. The number of likely N-dealkylation sites (tertiary alicyclic amines) is 1. The third-order valence-electron chi connectivity index (χ3n) is 4.77. The van der Waals surface area contributed by atoms with Crippen molar-refractivity contribution >= 4 is 16.8 Å². The number of nitrogens with one attached hydrogen (secondary N) is 1. The standard InChI is InChI=1S/C18H19FN4O/c19-14-3-4-16-13(10-21-17(16)9-14)8-18(24)22-6-1-2-15(11-22)23-7-5-20-12-23/h3-5,7,9-10,12,15,21H,1-2,6,8,11H2/t15-/m1/s1. The fourth-order valence-electron chi connectivity index (χ4n) is 3.49. The minimum absolute atomic E-state index is 0.116. The number of hydrogen-bond donors (Lipinski definition) is 1. The van der Waals surface area contributed by atoms with Crippen molar-refractivity contribution in [1.82, 2.24) is 19.4 Å². The molecule has 2 aromatic heterocycles. The van der Waals surface area contributed by atoms with E-state index in [-0.39, 0.29) is 11.7 Å². The molecule has 1 fully saturated rings. The average molecular weight is 326 g/mol. The quantitative estimate of drug-likeness (QED) is 0.804. The van der Waals surface area contributed by atoms with Gasteiger partial charge in [-0.3, -0.25) is 4.79 Å². The van der Waals surface area contributed by atoms with Crippen LogP contribution in [0.25, 0.3) is 10.9 Å². The van der Waals surface area contributed by atoms with Crippen LogP contribution >= 0.6 is 0 Å². The number of imidazole rings is 1. The highest BCUT2D eigenvalue weighted by Crippen LogP contribution is 2.24. The predicted octanol–water partition coefficient (Wildman–Crippen LogP) is 2.91. The van der Waals surface area contributed by atoms with E-state index in [4.69, 9.17) is 0 Å². The third-order valence-corrected chi connectivity index (χ3v) is 4.77. The first-order valence-corrected chi connectivity index (χ1v) is 8.21. The summed E-state index contributed by atoms with van der Waals surface area (Å²) in [5, 5.41) is 0.910. The van der Waals surface area contributed by atoms with Gasteiger partial charge in [0, 0.05) is 42.6 Å². The summed E-state index contributed by atoms with van der Waals surface area (Å²) in [4.78, 5) is 21.8. The molecule has 0 spiro atoms. The summed E-state index contributed by atoms with van der Waals surface area (Å²) in [5.74, 6) is -0.161. The molecule has 1 aliphatic rings. The van der Waals surface area contributed by atoms with Crippen LogP contribution in [0.2, 0.25) is 0 Å². The molecule has 124 valence electrons. The monoisotopic (exact) mass is 326 g/mol. The first-order chi connectivity index (χ1) is 11.7. The van der Waals surface area contributed by atoms with Gasteiger partial charge in [-0.05, 0) is 36.6 Å². The highest BCUT2D eigenvalue weighted by Gasteiger charge is 2.25. The second-order valence-electron chi connectivity index (χ2n) is 6.33. The lowest BCUT2D eigenvalue weighted by atomic mass is 10.0. The molecule has 1 atom stereocenters. The SMILES string of the molecule is O=C(Cc1c[nH]c2cc(F)ccc12)N1CCC[C@@H](n2ccnc2)C1. The molecule has 1 aliphatic heterocycles. The zero-order valence-electron chi connectivity index (χ0n) is 13.3. The molecule has 0 radical (unpaired) electrons. The van der Waals surface area contributed by atoms with E-state index in [1.807, 2.05) is 17.4 Å². The average Bonchev–Trinajstić information content (AvgIpc) is 3.25. The number of aromatic nitrogens is 3. The molecular weight excluding hydrogens is 307 g/mol. The van der Waals surface area contributed by atoms with Crippen LogP contribution in [0.1, 0.15) is 24.4 Å². The number of fused-ring (bicyclic) bond motifs is 1. The Bertz CT molecular complexity index is 855. The van der Waals surface area contributed by atoms with Crippen molar-refractivity contribution in [1.29, 1.82) is 0 Å². The van der Waals surface area contributed by atoms with Crippen molar-refractivity contribution < 1.29 is 9.18 Å². The second kappa shape index (κ2) is 6.11. The normalized spacial score (nSPS) is 18.2. The van der Waals surface area contributed by atoms with Crippen molar-refractivity contribution in [3.63, 3.8) is 0 Å². The molecule has 3 aromatic rings. The van der Waals surface area contributed by atoms with Gasteiger partial charge in [0.15, 0.2) is 0 Å². The van der Waals surface area contributed by atoms with E-state index in [0.717, 1.165) is 35.9 Å². The maximum Gasteiger partial charge on any atom is 0.227 e. The lowest BCUT2D eigenvalue weighted by Crippen LogP contribution is -2.41. The van der Waals surface area contributed by atoms with E-state index >= 15 is 0 Å². The molecule has 1 aromatic carbocycles. The summed E-state index contributed by atoms with van der Waals surface area (Å²) in [6.07, 6.45) is 9.73. The zero-order valence-corrected chi connectivity index (χ0v) is 13.3. The first-order valence-electron chi connectivity index (χ1n) is 8.21. The molecule has 4 rings (SSSR count). The number of nitrogens with zero attached hydrogens (tertiary/aromatic N) is 3. The van der Waals surface area contributed by atoms with Crippen LogP contribution in [0, 0.1) is 5.82 Å². The molecule has 3 heterocycles. The molecule has 0 aliphatic carbocycles. The Hall–Kier alpha value is -2.63. The van der Waals surface area contributed by atoms with Gasteiger partial charge in [0.25, 0.3) is 0 Å². The van der Waals surface area contributed by atoms with Gasteiger partial charge in [-0.15, -0.1) is 0 Å². The van der Waals surface area contributed by atoms with Gasteiger partial charge in [0.05, 0.1) is 18.8 Å². The van der Waals surface area contributed by atoms with Crippen LogP contribution in [0.5, 0.6) is 0 Å². The van der Waals surface area contributed by atoms with E-state index in [1.54, 1.807) is 18.5 Å². The fourth-order valence-corrected chi connectivity index (χ4v) is 3.49. The summed E-state index contributed by atoms with van der Waals surface area (Å²) in [5.41, 5.74) is 1.65. The summed E-state index contributed by atoms with van der Waals surface area (Å²) in [7, 11) is 0. The zero-order chi connectivity index (χ0) is 16.5. The number of carbonyl (C=O) groups excluding carboxylic acids is 1. The highest BCUT2D eigenvalue weighted by molar-refractivity contribution is 5.89. The summed E-state index contributed by atoms with van der Waals surface area (Å²) in [6, 6.07) is 4.91. The maximum atomic E-state index is 13.3. The molecule has 1 saturated heterocycles. The minimum atomic E-state index is -0.276. The molecular formula is C18H19FN4O. The van der Waals surface area contributed by atoms with E-state index in [2.05, 4.69) is 14.5 Å². The Morgan fingerprint density at radius 2 is 2.33 bits per heavy atom. The third kappa shape index (κ3) is 2.79. The van der Waals surface area contributed by atoms with Crippen LogP contribution in [0.3, 0.4) is 0 Å². The Balaban J connectivity index is 1.49. The van der Waals surface area contributed by atoms with Gasteiger partial charge in [-0.25, -0.2) is 9.37 Å². The van der Waals surface area contributed by atoms with Crippen molar-refractivity contribution in [2.75, 3.05) is 13.1 Å². The molecule has 0 saturated carbocycles. The number of piperidine rings is 1. The number of H-pyrrole nitrogens is 1. The van der Waals surface area contributed by atoms with Crippen LogP contribution in [-0.4, -0.2) is 38.4 Å². The van der Waals surface area contributed by atoms with Crippen molar-refractivity contribution in [3.05, 3.63) is 54.5 Å². The number of carbonyl (C=O) groups is 1. The van der Waals surface area contributed by atoms with E-state index in [1.165, 1.54) is 12.1 Å².